The molecule has 1 aliphatic rings. The maximum absolute atomic E-state index is 12.2. The number of aromatic hydroxyl groups is 1. The fourth-order valence-corrected chi connectivity index (χ4v) is 2.72. The number of rotatable bonds is 3. The summed E-state index contributed by atoms with van der Waals surface area (Å²) in [5.74, 6) is -0.0439. The van der Waals surface area contributed by atoms with Crippen LogP contribution in [0.5, 0.6) is 5.88 Å². The largest absolute Gasteiger partial charge is 0.494 e. The van der Waals surface area contributed by atoms with Crippen LogP contribution in [0.1, 0.15) is 34.6 Å². The molecule has 1 aromatic carbocycles. The summed E-state index contributed by atoms with van der Waals surface area (Å²) in [6.07, 6.45) is 1.43. The van der Waals surface area contributed by atoms with Crippen LogP contribution >= 0.6 is 0 Å². The van der Waals surface area contributed by atoms with E-state index >= 15 is 0 Å². The van der Waals surface area contributed by atoms with Crippen LogP contribution in [0.15, 0.2) is 35.3 Å². The summed E-state index contributed by atoms with van der Waals surface area (Å²) in [4.78, 5) is 12.2. The second-order valence-electron chi connectivity index (χ2n) is 7.06. The van der Waals surface area contributed by atoms with Gasteiger partial charge in [-0.1, -0.05) is 12.1 Å². The first-order valence-electron chi connectivity index (χ1n) is 8.13. The van der Waals surface area contributed by atoms with Gasteiger partial charge in [0.1, 0.15) is 0 Å². The maximum Gasteiger partial charge on any atom is 0.494 e. The molecule has 0 unspecified atom stereocenters. The van der Waals surface area contributed by atoms with Crippen LogP contribution in [-0.4, -0.2) is 32.6 Å². The van der Waals surface area contributed by atoms with Crippen LogP contribution in [0.25, 0.3) is 5.69 Å². The Bertz CT molecular complexity index is 789. The van der Waals surface area contributed by atoms with Gasteiger partial charge < -0.3 is 14.4 Å². The maximum atomic E-state index is 12.2. The zero-order valence-electron chi connectivity index (χ0n) is 14.7. The number of hydrogen-bond donors (Lipinski definition) is 1. The highest BCUT2D eigenvalue weighted by atomic mass is 16.7. The lowest BCUT2D eigenvalue weighted by molar-refractivity contribution is 0.00578. The van der Waals surface area contributed by atoms with E-state index in [-0.39, 0.29) is 11.6 Å². The second kappa shape index (κ2) is 5.53. The van der Waals surface area contributed by atoms with Gasteiger partial charge in [-0.05, 0) is 52.2 Å². The van der Waals surface area contributed by atoms with Crippen LogP contribution in [0, 0.1) is 0 Å². The number of hydrogen-bond acceptors (Lipinski definition) is 4. The zero-order chi connectivity index (χ0) is 17.7. The minimum atomic E-state index is -0.436. The molecule has 2 aromatic rings. The highest BCUT2D eigenvalue weighted by Crippen LogP contribution is 2.36. The highest BCUT2D eigenvalue weighted by molar-refractivity contribution is 6.62. The van der Waals surface area contributed by atoms with Crippen LogP contribution < -0.4 is 11.2 Å². The predicted molar refractivity (Wildman–Crippen MR) is 93.1 cm³/mol. The molecule has 1 fully saturated rings. The Morgan fingerprint density at radius 2 is 1.62 bits per heavy atom. The third-order valence-electron chi connectivity index (χ3n) is 4.97. The van der Waals surface area contributed by atoms with Crippen molar-refractivity contribution in [1.29, 1.82) is 0 Å². The molecule has 1 saturated heterocycles. The lowest BCUT2D eigenvalue weighted by Gasteiger charge is -2.32. The molecule has 0 amide bonds. The smallest absolute Gasteiger partial charge is 0.493 e. The molecule has 0 radical (unpaired) electrons. The molecule has 0 spiro atoms. The monoisotopic (exact) mass is 330 g/mol. The first-order valence-corrected chi connectivity index (χ1v) is 8.13. The Morgan fingerprint density at radius 3 is 2.08 bits per heavy atom. The number of aromatic nitrogens is 2. The molecule has 2 heterocycles. The summed E-state index contributed by atoms with van der Waals surface area (Å²) >= 11 is 0. The van der Waals surface area contributed by atoms with Crippen LogP contribution in [0.3, 0.4) is 0 Å². The normalized spacial score (nSPS) is 19.0. The molecular weight excluding hydrogens is 307 g/mol. The molecule has 1 aliphatic heterocycles. The number of benzene rings is 1. The third kappa shape index (κ3) is 2.57. The van der Waals surface area contributed by atoms with Gasteiger partial charge in [0.25, 0.3) is 0 Å². The van der Waals surface area contributed by atoms with Crippen molar-refractivity contribution in [2.75, 3.05) is 0 Å². The molecule has 24 heavy (non-hydrogen) atoms. The number of imidazole rings is 1. The lowest BCUT2D eigenvalue weighted by Crippen LogP contribution is -2.41. The molecule has 128 valence electrons. The fourth-order valence-electron chi connectivity index (χ4n) is 2.72. The van der Waals surface area contributed by atoms with Gasteiger partial charge in [-0.2, -0.15) is 0 Å². The van der Waals surface area contributed by atoms with Gasteiger partial charge in [0.2, 0.25) is 5.88 Å². The Balaban J connectivity index is 1.89. The van der Waals surface area contributed by atoms with Gasteiger partial charge in [-0.15, -0.1) is 0 Å². The quantitative estimate of drug-likeness (QED) is 0.870. The Morgan fingerprint density at radius 1 is 1.08 bits per heavy atom. The first kappa shape index (κ1) is 16.9. The van der Waals surface area contributed by atoms with Crippen molar-refractivity contribution < 1.29 is 14.4 Å². The van der Waals surface area contributed by atoms with Crippen molar-refractivity contribution in [2.24, 2.45) is 0 Å². The average Bonchev–Trinajstić information content (AvgIpc) is 2.91. The van der Waals surface area contributed by atoms with E-state index in [1.54, 1.807) is 0 Å². The Kier molecular flexibility index (Phi) is 3.88. The van der Waals surface area contributed by atoms with Gasteiger partial charge in [-0.3, -0.25) is 9.13 Å². The molecule has 1 N–H and O–H groups in total. The number of nitrogens with zero attached hydrogens (tertiary/aromatic N) is 2. The molecule has 7 heteroatoms. The van der Waals surface area contributed by atoms with E-state index in [1.807, 2.05) is 58.9 Å². The highest BCUT2D eigenvalue weighted by Gasteiger charge is 2.51. The summed E-state index contributed by atoms with van der Waals surface area (Å²) in [7, 11) is -0.436. The van der Waals surface area contributed by atoms with Crippen LogP contribution in [0.2, 0.25) is 0 Å². The van der Waals surface area contributed by atoms with Crippen LogP contribution in [0.4, 0.5) is 0 Å². The summed E-state index contributed by atoms with van der Waals surface area (Å²) in [6.45, 7) is 10.3. The minimum Gasteiger partial charge on any atom is -0.493 e. The Hall–Kier alpha value is -1.99. The van der Waals surface area contributed by atoms with Gasteiger partial charge in [0, 0.05) is 6.54 Å². The first-order chi connectivity index (χ1) is 11.2. The van der Waals surface area contributed by atoms with E-state index in [9.17, 15) is 9.90 Å². The zero-order valence-corrected chi connectivity index (χ0v) is 14.7. The van der Waals surface area contributed by atoms with E-state index in [1.165, 1.54) is 15.3 Å². The predicted octanol–water partition coefficient (Wildman–Crippen LogP) is 1.66. The average molecular weight is 330 g/mol. The minimum absolute atomic E-state index is 0.0439. The summed E-state index contributed by atoms with van der Waals surface area (Å²) in [6, 6.07) is 7.40. The second-order valence-corrected chi connectivity index (χ2v) is 7.06. The summed E-state index contributed by atoms with van der Waals surface area (Å²) in [5, 5.41) is 9.82. The third-order valence-corrected chi connectivity index (χ3v) is 4.97. The fraction of sp³-hybridized carbons (Fsp3) is 0.471. The molecule has 1 aromatic heterocycles. The van der Waals surface area contributed by atoms with Crippen molar-refractivity contribution in [1.82, 2.24) is 9.13 Å². The van der Waals surface area contributed by atoms with E-state index in [0.717, 1.165) is 5.46 Å². The van der Waals surface area contributed by atoms with Gasteiger partial charge in [0.15, 0.2) is 0 Å². The molecule has 0 aliphatic carbocycles. The molecule has 0 atom stereocenters. The van der Waals surface area contributed by atoms with Crippen LogP contribution in [-0.2, 0) is 15.9 Å². The van der Waals surface area contributed by atoms with E-state index < -0.39 is 18.3 Å². The van der Waals surface area contributed by atoms with E-state index in [4.69, 9.17) is 9.31 Å². The Labute approximate surface area is 141 Å². The van der Waals surface area contributed by atoms with Gasteiger partial charge >= 0.3 is 12.8 Å². The van der Waals surface area contributed by atoms with Crippen molar-refractivity contribution >= 4 is 12.6 Å². The van der Waals surface area contributed by atoms with Crippen molar-refractivity contribution in [3.05, 3.63) is 40.9 Å². The van der Waals surface area contributed by atoms with E-state index in [2.05, 4.69) is 0 Å². The van der Waals surface area contributed by atoms with Crippen molar-refractivity contribution in [2.45, 2.75) is 52.4 Å². The summed E-state index contributed by atoms with van der Waals surface area (Å²) in [5.41, 5.74) is 0.528. The molecule has 3 rings (SSSR count). The van der Waals surface area contributed by atoms with Gasteiger partial charge in [-0.25, -0.2) is 4.79 Å². The SMILES string of the molecule is CCn1c(O)cn(-c2ccc(B3OC(C)(C)C(C)(C)O3)cc2)c1=O. The topological polar surface area (TPSA) is 65.6 Å². The van der Waals surface area contributed by atoms with Gasteiger partial charge in [0.05, 0.1) is 23.1 Å². The molecule has 0 saturated carbocycles. The lowest BCUT2D eigenvalue weighted by atomic mass is 9.79. The summed E-state index contributed by atoms with van der Waals surface area (Å²) < 4.78 is 14.8. The standard InChI is InChI=1S/C17H23BN2O4/c1-6-19-14(21)11-20(15(19)22)13-9-7-12(8-10-13)18-23-16(2,3)17(4,5)24-18/h7-11,21H,6H2,1-5H3. The van der Waals surface area contributed by atoms with Crippen molar-refractivity contribution in [3.8, 4) is 11.6 Å². The molecule has 6 nitrogen and oxygen atoms in total. The molecule has 0 bridgehead atoms. The molecular formula is C17H23BN2O4. The van der Waals surface area contributed by atoms with Crippen molar-refractivity contribution in [3.63, 3.8) is 0 Å². The van der Waals surface area contributed by atoms with E-state index in [0.29, 0.717) is 12.2 Å².